The normalized spacial score (nSPS) is 22.4. The first-order valence-electron chi connectivity index (χ1n) is 9.74. The van der Waals surface area contributed by atoms with Crippen molar-refractivity contribution in [2.24, 2.45) is 5.92 Å². The zero-order valence-corrected chi connectivity index (χ0v) is 15.7. The molecule has 0 radical (unpaired) electrons. The number of fused-ring (bicyclic) bond motifs is 3. The van der Waals surface area contributed by atoms with Gasteiger partial charge in [-0.05, 0) is 68.3 Å². The van der Waals surface area contributed by atoms with Gasteiger partial charge in [-0.15, -0.1) is 0 Å². The molecule has 0 spiro atoms. The first kappa shape index (κ1) is 18.1. The zero-order chi connectivity index (χ0) is 18.0. The molecule has 1 aliphatic heterocycles. The number of rotatable bonds is 6. The molecule has 2 N–H and O–H groups in total. The highest BCUT2D eigenvalue weighted by atomic mass is 16.1. The lowest BCUT2D eigenvalue weighted by molar-refractivity contribution is -0.116. The lowest BCUT2D eigenvalue weighted by atomic mass is 9.74. The number of hydrogen-bond acceptors (Lipinski definition) is 3. The predicted molar refractivity (Wildman–Crippen MR) is 101 cm³/mol. The first-order chi connectivity index (χ1) is 12.0. The predicted octanol–water partition coefficient (Wildman–Crippen LogP) is 3.97. The lowest BCUT2D eigenvalue weighted by Crippen LogP contribution is -2.31. The van der Waals surface area contributed by atoms with Crippen molar-refractivity contribution < 1.29 is 9.59 Å². The van der Waals surface area contributed by atoms with E-state index in [1.165, 1.54) is 18.4 Å². The fourth-order valence-electron chi connectivity index (χ4n) is 4.28. The van der Waals surface area contributed by atoms with Crippen LogP contribution in [0.2, 0.25) is 0 Å². The molecule has 136 valence electrons. The second kappa shape index (κ2) is 7.69. The summed E-state index contributed by atoms with van der Waals surface area (Å²) in [4.78, 5) is 25.1. The molecule has 25 heavy (non-hydrogen) atoms. The molecule has 1 amide bonds. The highest BCUT2D eigenvalue weighted by Crippen LogP contribution is 2.42. The van der Waals surface area contributed by atoms with Gasteiger partial charge in [0.2, 0.25) is 5.91 Å². The Bertz CT molecular complexity index is 681. The third-order valence-corrected chi connectivity index (χ3v) is 5.65. The molecule has 2 unspecified atom stereocenters. The van der Waals surface area contributed by atoms with Crippen molar-refractivity contribution in [1.29, 1.82) is 0 Å². The van der Waals surface area contributed by atoms with Crippen LogP contribution in [0.25, 0.3) is 0 Å². The maximum Gasteiger partial charge on any atom is 0.224 e. The van der Waals surface area contributed by atoms with E-state index in [0.29, 0.717) is 6.42 Å². The minimum Gasteiger partial charge on any atom is -0.326 e. The molecular formula is C21H30N2O2. The number of aryl methyl sites for hydroxylation is 2. The molecule has 2 aliphatic rings. The highest BCUT2D eigenvalue weighted by molar-refractivity contribution is 6.06. The molecule has 1 aromatic rings. The van der Waals surface area contributed by atoms with Crippen LogP contribution in [-0.2, 0) is 11.2 Å². The number of Topliss-reactive ketones (excluding diaryl/α,β-unsaturated/α-hetero) is 1. The summed E-state index contributed by atoms with van der Waals surface area (Å²) in [5.41, 5.74) is 5.15. The van der Waals surface area contributed by atoms with Crippen LogP contribution in [0.5, 0.6) is 0 Å². The lowest BCUT2D eigenvalue weighted by Gasteiger charge is -2.32. The van der Waals surface area contributed by atoms with Crippen LogP contribution in [0.1, 0.15) is 78.9 Å². The Kier molecular flexibility index (Phi) is 5.57. The summed E-state index contributed by atoms with van der Waals surface area (Å²) in [5, 5.41) is 6.46. The van der Waals surface area contributed by atoms with Gasteiger partial charge in [0, 0.05) is 23.6 Å². The van der Waals surface area contributed by atoms with Crippen molar-refractivity contribution in [1.82, 2.24) is 5.32 Å². The number of benzene rings is 1. The van der Waals surface area contributed by atoms with Gasteiger partial charge in [0.25, 0.3) is 0 Å². The summed E-state index contributed by atoms with van der Waals surface area (Å²) in [6.07, 6.45) is 5.67. The Morgan fingerprint density at radius 1 is 1.28 bits per heavy atom. The standard InChI is InChI=1S/C21H30N2O2/c1-4-5-9-22-10-8-15-6-7-16-11-14(3)20-18(19(16)21(15)25)13(2)12-17(24)23-20/h11,13,15,22H,4-10,12H2,1-3H3,(H,23,24). The Balaban J connectivity index is 1.83. The van der Waals surface area contributed by atoms with Crippen LogP contribution in [0.15, 0.2) is 6.07 Å². The van der Waals surface area contributed by atoms with Gasteiger partial charge in [-0.2, -0.15) is 0 Å². The third kappa shape index (κ3) is 3.64. The summed E-state index contributed by atoms with van der Waals surface area (Å²) in [5.74, 6) is 0.571. The number of carbonyl (C=O) groups excluding carboxylic acids is 2. The molecule has 0 saturated heterocycles. The van der Waals surface area contributed by atoms with Crippen LogP contribution in [0.4, 0.5) is 5.69 Å². The number of ketones is 1. The average molecular weight is 342 g/mol. The molecule has 0 bridgehead atoms. The van der Waals surface area contributed by atoms with E-state index in [1.807, 2.05) is 6.92 Å². The number of nitrogens with one attached hydrogen (secondary N) is 2. The number of anilines is 1. The number of hydrogen-bond donors (Lipinski definition) is 2. The van der Waals surface area contributed by atoms with Crippen LogP contribution < -0.4 is 10.6 Å². The van der Waals surface area contributed by atoms with E-state index in [0.717, 1.165) is 54.7 Å². The Morgan fingerprint density at radius 3 is 2.84 bits per heavy atom. The van der Waals surface area contributed by atoms with Gasteiger partial charge >= 0.3 is 0 Å². The van der Waals surface area contributed by atoms with E-state index in [4.69, 9.17) is 0 Å². The second-order valence-electron chi connectivity index (χ2n) is 7.66. The number of carbonyl (C=O) groups is 2. The quantitative estimate of drug-likeness (QED) is 0.769. The van der Waals surface area contributed by atoms with E-state index in [1.54, 1.807) is 0 Å². The largest absolute Gasteiger partial charge is 0.326 e. The molecular weight excluding hydrogens is 312 g/mol. The van der Waals surface area contributed by atoms with Gasteiger partial charge in [-0.3, -0.25) is 9.59 Å². The van der Waals surface area contributed by atoms with E-state index in [2.05, 4.69) is 30.5 Å². The Hall–Kier alpha value is -1.68. The molecule has 1 heterocycles. The van der Waals surface area contributed by atoms with Gasteiger partial charge in [0.05, 0.1) is 0 Å². The van der Waals surface area contributed by atoms with Gasteiger partial charge in [-0.25, -0.2) is 0 Å². The van der Waals surface area contributed by atoms with Crippen LogP contribution in [-0.4, -0.2) is 24.8 Å². The summed E-state index contributed by atoms with van der Waals surface area (Å²) < 4.78 is 0. The molecule has 1 aliphatic carbocycles. The summed E-state index contributed by atoms with van der Waals surface area (Å²) in [7, 11) is 0. The zero-order valence-electron chi connectivity index (χ0n) is 15.7. The molecule has 0 saturated carbocycles. The highest BCUT2D eigenvalue weighted by Gasteiger charge is 2.35. The van der Waals surface area contributed by atoms with Crippen LogP contribution in [0, 0.1) is 12.8 Å². The van der Waals surface area contributed by atoms with E-state index < -0.39 is 0 Å². The minimum atomic E-state index is 0.0583. The van der Waals surface area contributed by atoms with Crippen molar-refractivity contribution >= 4 is 17.4 Å². The number of unbranched alkanes of at least 4 members (excludes halogenated alkanes) is 1. The summed E-state index contributed by atoms with van der Waals surface area (Å²) in [6, 6.07) is 2.11. The van der Waals surface area contributed by atoms with Gasteiger partial charge in [0.1, 0.15) is 0 Å². The fraction of sp³-hybridized carbons (Fsp3) is 0.619. The maximum absolute atomic E-state index is 13.2. The van der Waals surface area contributed by atoms with Gasteiger partial charge in [-0.1, -0.05) is 26.3 Å². The Morgan fingerprint density at radius 2 is 2.08 bits per heavy atom. The summed E-state index contributed by atoms with van der Waals surface area (Å²) >= 11 is 0. The van der Waals surface area contributed by atoms with E-state index in [9.17, 15) is 9.59 Å². The second-order valence-corrected chi connectivity index (χ2v) is 7.66. The fourth-order valence-corrected chi connectivity index (χ4v) is 4.28. The Labute approximate surface area is 150 Å². The summed E-state index contributed by atoms with van der Waals surface area (Å²) in [6.45, 7) is 8.23. The molecule has 3 rings (SSSR count). The molecule has 4 nitrogen and oxygen atoms in total. The van der Waals surface area contributed by atoms with Crippen molar-refractivity contribution in [2.45, 2.75) is 65.2 Å². The van der Waals surface area contributed by atoms with Crippen molar-refractivity contribution in [3.8, 4) is 0 Å². The molecule has 1 aromatic carbocycles. The molecule has 0 fully saturated rings. The van der Waals surface area contributed by atoms with Crippen LogP contribution in [0.3, 0.4) is 0 Å². The van der Waals surface area contributed by atoms with Crippen LogP contribution >= 0.6 is 0 Å². The number of amides is 1. The van der Waals surface area contributed by atoms with Crippen molar-refractivity contribution in [2.75, 3.05) is 18.4 Å². The smallest absolute Gasteiger partial charge is 0.224 e. The first-order valence-corrected chi connectivity index (χ1v) is 9.74. The average Bonchev–Trinajstić information content (AvgIpc) is 2.57. The SMILES string of the molecule is CCCCNCCC1CCc2cc(C)c3c(c2C1=O)C(C)CC(=O)N3. The molecule has 0 aromatic heterocycles. The molecule has 2 atom stereocenters. The van der Waals surface area contributed by atoms with E-state index >= 15 is 0 Å². The topological polar surface area (TPSA) is 58.2 Å². The maximum atomic E-state index is 13.2. The van der Waals surface area contributed by atoms with Gasteiger partial charge in [0.15, 0.2) is 5.78 Å². The monoisotopic (exact) mass is 342 g/mol. The minimum absolute atomic E-state index is 0.0583. The van der Waals surface area contributed by atoms with Crippen molar-refractivity contribution in [3.63, 3.8) is 0 Å². The van der Waals surface area contributed by atoms with E-state index in [-0.39, 0.29) is 23.5 Å². The third-order valence-electron chi connectivity index (χ3n) is 5.65. The molecule has 4 heteroatoms. The van der Waals surface area contributed by atoms with Crippen molar-refractivity contribution in [3.05, 3.63) is 28.3 Å². The van der Waals surface area contributed by atoms with Gasteiger partial charge < -0.3 is 10.6 Å².